The van der Waals surface area contributed by atoms with Crippen molar-refractivity contribution in [3.05, 3.63) is 94.9 Å². The van der Waals surface area contributed by atoms with Crippen molar-refractivity contribution in [1.29, 1.82) is 0 Å². The second-order valence-corrected chi connectivity index (χ2v) is 10.1. The fourth-order valence-corrected chi connectivity index (χ4v) is 5.21. The van der Waals surface area contributed by atoms with E-state index in [9.17, 15) is 4.79 Å². The van der Waals surface area contributed by atoms with Crippen LogP contribution >= 0.6 is 24.0 Å². The van der Waals surface area contributed by atoms with E-state index in [1.807, 2.05) is 78.5 Å². The van der Waals surface area contributed by atoms with Crippen molar-refractivity contribution < 1.29 is 13.9 Å². The molecule has 1 fully saturated rings. The zero-order valence-electron chi connectivity index (χ0n) is 20.0. The van der Waals surface area contributed by atoms with Gasteiger partial charge in [-0.15, -0.1) is 0 Å². The Balaban J connectivity index is 1.53. The monoisotopic (exact) mass is 515 g/mol. The van der Waals surface area contributed by atoms with Crippen LogP contribution < -0.4 is 4.74 Å². The fourth-order valence-electron chi connectivity index (χ4n) is 3.96. The number of nitrogens with zero attached hydrogens (tertiary/aromatic N) is 3. The highest BCUT2D eigenvalue weighted by Crippen LogP contribution is 2.36. The van der Waals surface area contributed by atoms with Crippen LogP contribution in [0.4, 0.5) is 0 Å². The number of benzene rings is 2. The maximum absolute atomic E-state index is 13.2. The van der Waals surface area contributed by atoms with Crippen LogP contribution in [-0.4, -0.2) is 31.5 Å². The van der Waals surface area contributed by atoms with Crippen LogP contribution in [0.1, 0.15) is 30.2 Å². The molecule has 0 atom stereocenters. The molecule has 0 saturated carbocycles. The average molecular weight is 516 g/mol. The van der Waals surface area contributed by atoms with Gasteiger partial charge in [0.1, 0.15) is 21.5 Å². The molecule has 1 saturated heterocycles. The molecule has 36 heavy (non-hydrogen) atoms. The Morgan fingerprint density at radius 1 is 1.14 bits per heavy atom. The Labute approximate surface area is 219 Å². The minimum absolute atomic E-state index is 0.139. The van der Waals surface area contributed by atoms with Crippen LogP contribution in [0.3, 0.4) is 0 Å². The summed E-state index contributed by atoms with van der Waals surface area (Å²) in [6.07, 6.45) is 6.37. The molecule has 2 aromatic carbocycles. The number of carbonyl (C=O) groups is 1. The number of amides is 1. The number of hydrogen-bond acceptors (Lipinski definition) is 6. The van der Waals surface area contributed by atoms with Gasteiger partial charge in [-0.3, -0.25) is 9.69 Å². The number of carbonyl (C=O) groups excluding carboxylic acids is 1. The lowest BCUT2D eigenvalue weighted by Crippen LogP contribution is -2.27. The summed E-state index contributed by atoms with van der Waals surface area (Å²) in [5.74, 6) is 1.38. The molecule has 5 rings (SSSR count). The Hall–Kier alpha value is -3.62. The van der Waals surface area contributed by atoms with Gasteiger partial charge in [0.15, 0.2) is 0 Å². The molecule has 8 heteroatoms. The van der Waals surface area contributed by atoms with Crippen LogP contribution in [0.25, 0.3) is 23.0 Å². The summed E-state index contributed by atoms with van der Waals surface area (Å²) in [5, 5.41) is 4.92. The van der Waals surface area contributed by atoms with Gasteiger partial charge in [-0.2, -0.15) is 5.10 Å². The number of thiocarbonyl (C=S) groups is 1. The number of rotatable bonds is 8. The Morgan fingerprint density at radius 3 is 2.69 bits per heavy atom. The molecule has 0 aliphatic carbocycles. The van der Waals surface area contributed by atoms with Gasteiger partial charge in [0, 0.05) is 17.3 Å². The molecule has 1 aliphatic heterocycles. The molecule has 182 valence electrons. The minimum atomic E-state index is -0.139. The lowest BCUT2D eigenvalue weighted by molar-refractivity contribution is -0.122. The van der Waals surface area contributed by atoms with Crippen molar-refractivity contribution in [3.63, 3.8) is 0 Å². The highest BCUT2D eigenvalue weighted by atomic mass is 32.2. The Kier molecular flexibility index (Phi) is 7.06. The Morgan fingerprint density at radius 2 is 1.97 bits per heavy atom. The summed E-state index contributed by atoms with van der Waals surface area (Å²) in [5.41, 5.74) is 4.58. The van der Waals surface area contributed by atoms with Crippen LogP contribution in [0.2, 0.25) is 0 Å². The topological polar surface area (TPSA) is 60.5 Å². The minimum Gasteiger partial charge on any atom is -0.494 e. The quantitative estimate of drug-likeness (QED) is 0.194. The largest absolute Gasteiger partial charge is 0.494 e. The third-order valence-corrected chi connectivity index (χ3v) is 7.12. The van der Waals surface area contributed by atoms with Gasteiger partial charge in [0.25, 0.3) is 5.91 Å². The summed E-state index contributed by atoms with van der Waals surface area (Å²) < 4.78 is 13.6. The van der Waals surface area contributed by atoms with Crippen molar-refractivity contribution in [3.8, 4) is 22.7 Å². The molecule has 2 aromatic heterocycles. The SMILES string of the molecule is CCCOc1ccc(-c2nn(-c3ccccc3)cc2C=C2SC(=S)N(Cc3ccco3)C2=O)c(C)c1. The first-order chi connectivity index (χ1) is 17.5. The third-order valence-electron chi connectivity index (χ3n) is 5.74. The molecule has 0 radical (unpaired) electrons. The van der Waals surface area contributed by atoms with Crippen molar-refractivity contribution >= 4 is 40.3 Å². The van der Waals surface area contributed by atoms with Crippen molar-refractivity contribution in [2.75, 3.05) is 6.61 Å². The number of hydrogen-bond donors (Lipinski definition) is 0. The lowest BCUT2D eigenvalue weighted by Gasteiger charge is -2.12. The first kappa shape index (κ1) is 24.1. The van der Waals surface area contributed by atoms with E-state index in [1.165, 1.54) is 11.8 Å². The van der Waals surface area contributed by atoms with E-state index in [0.29, 0.717) is 28.1 Å². The highest BCUT2D eigenvalue weighted by molar-refractivity contribution is 8.26. The standard InChI is InChI=1S/C28H25N3O3S2/c1-3-13-33-22-11-12-24(19(2)15-22)26-20(17-31(29-26)21-8-5-4-6-9-21)16-25-27(32)30(28(35)36-25)18-23-10-7-14-34-23/h4-12,14-17H,3,13,18H2,1-2H3. The van der Waals surface area contributed by atoms with E-state index >= 15 is 0 Å². The van der Waals surface area contributed by atoms with Crippen molar-refractivity contribution in [2.45, 2.75) is 26.8 Å². The summed E-state index contributed by atoms with van der Waals surface area (Å²) in [6.45, 7) is 5.11. The van der Waals surface area contributed by atoms with Gasteiger partial charge >= 0.3 is 0 Å². The summed E-state index contributed by atoms with van der Waals surface area (Å²) >= 11 is 6.81. The molecule has 0 N–H and O–H groups in total. The maximum atomic E-state index is 13.2. The normalized spacial score (nSPS) is 14.7. The smallest absolute Gasteiger partial charge is 0.266 e. The number of para-hydroxylation sites is 1. The molecule has 0 spiro atoms. The zero-order valence-corrected chi connectivity index (χ0v) is 21.6. The molecule has 3 heterocycles. The zero-order chi connectivity index (χ0) is 25.1. The molecule has 4 aromatic rings. The molecular formula is C28H25N3O3S2. The molecule has 1 aliphatic rings. The third kappa shape index (κ3) is 5.01. The fraction of sp³-hybridized carbons (Fsp3) is 0.179. The lowest BCUT2D eigenvalue weighted by atomic mass is 10.0. The number of aryl methyl sites for hydroxylation is 1. The van der Waals surface area contributed by atoms with E-state index in [2.05, 4.69) is 6.92 Å². The van der Waals surface area contributed by atoms with Crippen molar-refractivity contribution in [2.24, 2.45) is 0 Å². The average Bonchev–Trinajstić information content (AvgIpc) is 3.61. The van der Waals surface area contributed by atoms with Crippen LogP contribution in [-0.2, 0) is 11.3 Å². The van der Waals surface area contributed by atoms with Gasteiger partial charge in [-0.05, 0) is 67.4 Å². The van der Waals surface area contributed by atoms with Crippen LogP contribution in [0.5, 0.6) is 5.75 Å². The summed E-state index contributed by atoms with van der Waals surface area (Å²) in [6, 6.07) is 19.6. The van der Waals surface area contributed by atoms with E-state index in [-0.39, 0.29) is 5.91 Å². The first-order valence-corrected chi connectivity index (χ1v) is 12.9. The molecule has 6 nitrogen and oxygen atoms in total. The Bertz CT molecular complexity index is 1430. The number of thioether (sulfide) groups is 1. The predicted molar refractivity (Wildman–Crippen MR) is 147 cm³/mol. The summed E-state index contributed by atoms with van der Waals surface area (Å²) in [4.78, 5) is 15.4. The van der Waals surface area contributed by atoms with E-state index in [0.717, 1.165) is 40.2 Å². The highest BCUT2D eigenvalue weighted by Gasteiger charge is 2.33. The number of ether oxygens (including phenoxy) is 1. The number of furan rings is 1. The first-order valence-electron chi connectivity index (χ1n) is 11.7. The van der Waals surface area contributed by atoms with Crippen molar-refractivity contribution in [1.82, 2.24) is 14.7 Å². The van der Waals surface area contributed by atoms with E-state index in [1.54, 1.807) is 17.2 Å². The molecule has 1 amide bonds. The molecular weight excluding hydrogens is 490 g/mol. The predicted octanol–water partition coefficient (Wildman–Crippen LogP) is 6.63. The van der Waals surface area contributed by atoms with Gasteiger partial charge in [0.2, 0.25) is 0 Å². The van der Waals surface area contributed by atoms with E-state index in [4.69, 9.17) is 26.5 Å². The van der Waals surface area contributed by atoms with Gasteiger partial charge < -0.3 is 9.15 Å². The van der Waals surface area contributed by atoms with Gasteiger partial charge in [0.05, 0.1) is 30.0 Å². The second kappa shape index (κ2) is 10.6. The van der Waals surface area contributed by atoms with Gasteiger partial charge in [-0.1, -0.05) is 49.1 Å². The summed E-state index contributed by atoms with van der Waals surface area (Å²) in [7, 11) is 0. The maximum Gasteiger partial charge on any atom is 0.266 e. The second-order valence-electron chi connectivity index (χ2n) is 8.39. The number of aromatic nitrogens is 2. The van der Waals surface area contributed by atoms with E-state index < -0.39 is 0 Å². The van der Waals surface area contributed by atoms with Crippen LogP contribution in [0, 0.1) is 6.92 Å². The molecule has 0 bridgehead atoms. The van der Waals surface area contributed by atoms with Gasteiger partial charge in [-0.25, -0.2) is 4.68 Å². The van der Waals surface area contributed by atoms with Crippen LogP contribution in [0.15, 0.2) is 82.4 Å². The molecule has 0 unspecified atom stereocenters.